The lowest BCUT2D eigenvalue weighted by atomic mass is 10.1. The molecule has 1 aliphatic rings. The lowest BCUT2D eigenvalue weighted by molar-refractivity contribution is 0.483. The Morgan fingerprint density at radius 2 is 2.20 bits per heavy atom. The Kier molecular flexibility index (Phi) is 3.24. The Hall–Kier alpha value is -1.15. The number of anilines is 1. The number of hydrogen-bond acceptors (Lipinski definition) is 4. The van der Waals surface area contributed by atoms with Crippen LogP contribution in [0, 0.1) is 5.82 Å². The number of halogens is 2. The fraction of sp³-hybridized carbons (Fsp3) is 0.417. The van der Waals surface area contributed by atoms with Gasteiger partial charge in [0.05, 0.1) is 33.1 Å². The van der Waals surface area contributed by atoms with Crippen LogP contribution in [-0.4, -0.2) is 29.5 Å². The molecule has 2 heterocycles. The van der Waals surface area contributed by atoms with Gasteiger partial charge in [-0.15, -0.1) is 0 Å². The molecule has 1 aliphatic heterocycles. The Morgan fingerprint density at radius 3 is 2.90 bits per heavy atom. The minimum absolute atomic E-state index is 0.0532. The predicted octanol–water partition coefficient (Wildman–Crippen LogP) is 2.27. The molecule has 5 nitrogen and oxygen atoms in total. The fourth-order valence-electron chi connectivity index (χ4n) is 2.70. The van der Waals surface area contributed by atoms with Gasteiger partial charge in [0.2, 0.25) is 5.95 Å². The maximum absolute atomic E-state index is 13.5. The maximum Gasteiger partial charge on any atom is 0.201 e. The van der Waals surface area contributed by atoms with E-state index in [9.17, 15) is 12.8 Å². The zero-order valence-corrected chi connectivity index (χ0v) is 12.9. The molecule has 1 aromatic carbocycles. The number of imidazole rings is 1. The first-order valence-electron chi connectivity index (χ1n) is 6.20. The molecule has 0 amide bonds. The van der Waals surface area contributed by atoms with Gasteiger partial charge in [0, 0.05) is 6.07 Å². The summed E-state index contributed by atoms with van der Waals surface area (Å²) in [6.07, 6.45) is 1.33. The summed E-state index contributed by atoms with van der Waals surface area (Å²) in [5, 5.41) is 0. The molecule has 20 heavy (non-hydrogen) atoms. The second-order valence-electron chi connectivity index (χ2n) is 5.01. The van der Waals surface area contributed by atoms with Crippen molar-refractivity contribution in [3.63, 3.8) is 0 Å². The molecule has 1 atom stereocenters. The van der Waals surface area contributed by atoms with E-state index in [4.69, 9.17) is 5.73 Å². The highest BCUT2D eigenvalue weighted by molar-refractivity contribution is 9.10. The first-order valence-corrected chi connectivity index (χ1v) is 8.82. The van der Waals surface area contributed by atoms with Gasteiger partial charge >= 0.3 is 0 Å². The monoisotopic (exact) mass is 361 g/mol. The number of fused-ring (bicyclic) bond motifs is 1. The number of rotatable bonds is 1. The predicted molar refractivity (Wildman–Crippen MR) is 78.7 cm³/mol. The molecule has 1 saturated heterocycles. The Morgan fingerprint density at radius 1 is 1.45 bits per heavy atom. The summed E-state index contributed by atoms with van der Waals surface area (Å²) in [4.78, 5) is 4.12. The van der Waals surface area contributed by atoms with Crippen LogP contribution in [-0.2, 0) is 9.84 Å². The second kappa shape index (κ2) is 4.70. The highest BCUT2D eigenvalue weighted by Crippen LogP contribution is 2.32. The van der Waals surface area contributed by atoms with Gasteiger partial charge in [-0.2, -0.15) is 0 Å². The lowest BCUT2D eigenvalue weighted by Crippen LogP contribution is -2.28. The van der Waals surface area contributed by atoms with Crippen molar-refractivity contribution in [2.24, 2.45) is 0 Å². The van der Waals surface area contributed by atoms with Crippen molar-refractivity contribution in [2.45, 2.75) is 18.9 Å². The van der Waals surface area contributed by atoms with Gasteiger partial charge in [-0.3, -0.25) is 0 Å². The third-order valence-electron chi connectivity index (χ3n) is 3.56. The summed E-state index contributed by atoms with van der Waals surface area (Å²) in [7, 11) is -3.05. The number of nitrogens with zero attached hydrogens (tertiary/aromatic N) is 2. The summed E-state index contributed by atoms with van der Waals surface area (Å²) < 4.78 is 39.1. The van der Waals surface area contributed by atoms with Crippen LogP contribution in [0.25, 0.3) is 11.0 Å². The minimum atomic E-state index is -3.05. The number of sulfone groups is 1. The highest BCUT2D eigenvalue weighted by atomic mass is 79.9. The summed E-state index contributed by atoms with van der Waals surface area (Å²) >= 11 is 3.13. The molecule has 0 spiro atoms. The van der Waals surface area contributed by atoms with E-state index >= 15 is 0 Å². The van der Waals surface area contributed by atoms with Gasteiger partial charge in [0.1, 0.15) is 5.82 Å². The zero-order valence-electron chi connectivity index (χ0n) is 10.5. The summed E-state index contributed by atoms with van der Waals surface area (Å²) in [5.41, 5.74) is 6.98. The van der Waals surface area contributed by atoms with Crippen molar-refractivity contribution in [1.29, 1.82) is 0 Å². The number of hydrogen-bond donors (Lipinski definition) is 1. The van der Waals surface area contributed by atoms with Crippen LogP contribution in [0.15, 0.2) is 16.6 Å². The quantitative estimate of drug-likeness (QED) is 0.844. The second-order valence-corrected chi connectivity index (χ2v) is 8.09. The summed E-state index contributed by atoms with van der Waals surface area (Å²) in [5.74, 6) is 0.0736. The summed E-state index contributed by atoms with van der Waals surface area (Å²) in [6.45, 7) is 0. The average molecular weight is 362 g/mol. The van der Waals surface area contributed by atoms with Crippen molar-refractivity contribution < 1.29 is 12.8 Å². The molecule has 1 unspecified atom stereocenters. The maximum atomic E-state index is 13.5. The smallest absolute Gasteiger partial charge is 0.201 e. The topological polar surface area (TPSA) is 78.0 Å². The largest absolute Gasteiger partial charge is 0.369 e. The van der Waals surface area contributed by atoms with Crippen LogP contribution in [0.2, 0.25) is 0 Å². The third-order valence-corrected chi connectivity index (χ3v) is 5.97. The van der Waals surface area contributed by atoms with E-state index in [1.54, 1.807) is 10.6 Å². The Labute approximate surface area is 124 Å². The molecule has 108 valence electrons. The molecule has 0 bridgehead atoms. The van der Waals surface area contributed by atoms with Crippen LogP contribution in [0.3, 0.4) is 0 Å². The van der Waals surface area contributed by atoms with E-state index in [1.165, 1.54) is 6.07 Å². The molecule has 0 aliphatic carbocycles. The number of benzene rings is 1. The third kappa shape index (κ3) is 2.31. The van der Waals surface area contributed by atoms with Gasteiger partial charge in [0.15, 0.2) is 9.84 Å². The fourth-order valence-corrected chi connectivity index (χ4v) is 4.70. The Bertz CT molecular complexity index is 788. The molecule has 2 N–H and O–H groups in total. The Balaban J connectivity index is 2.16. The van der Waals surface area contributed by atoms with Crippen LogP contribution >= 0.6 is 15.9 Å². The van der Waals surface area contributed by atoms with E-state index in [0.717, 1.165) is 6.42 Å². The van der Waals surface area contributed by atoms with Crippen molar-refractivity contribution in [1.82, 2.24) is 9.55 Å². The normalized spacial score (nSPS) is 22.2. The van der Waals surface area contributed by atoms with Crippen molar-refractivity contribution in [2.75, 3.05) is 17.2 Å². The van der Waals surface area contributed by atoms with Gasteiger partial charge in [0.25, 0.3) is 0 Å². The molecule has 0 radical (unpaired) electrons. The molecular formula is C12H13BrFN3O2S. The van der Waals surface area contributed by atoms with E-state index in [-0.39, 0.29) is 23.5 Å². The average Bonchev–Trinajstić information content (AvgIpc) is 2.64. The van der Waals surface area contributed by atoms with Gasteiger partial charge < -0.3 is 10.3 Å². The molecule has 8 heteroatoms. The standard InChI is InChI=1S/C12H13BrFN3O2S/c13-8-4-11-10(5-9(8)14)16-12(15)17(11)7-2-1-3-20(18,19)6-7/h4-5,7H,1-3,6H2,(H2,15,16). The SMILES string of the molecule is Nc1nc2cc(F)c(Br)cc2n1C1CCCS(=O)(=O)C1. The molecular weight excluding hydrogens is 349 g/mol. The molecule has 3 rings (SSSR count). The number of nitrogens with two attached hydrogens (primary N) is 1. The van der Waals surface area contributed by atoms with Crippen LogP contribution in [0.4, 0.5) is 10.3 Å². The molecule has 0 saturated carbocycles. The first-order chi connectivity index (χ1) is 9.37. The molecule has 1 fully saturated rings. The number of aromatic nitrogens is 2. The zero-order chi connectivity index (χ0) is 14.5. The minimum Gasteiger partial charge on any atom is -0.369 e. The van der Waals surface area contributed by atoms with Gasteiger partial charge in [-0.1, -0.05) is 0 Å². The van der Waals surface area contributed by atoms with Gasteiger partial charge in [-0.25, -0.2) is 17.8 Å². The van der Waals surface area contributed by atoms with Gasteiger partial charge in [-0.05, 0) is 34.8 Å². The van der Waals surface area contributed by atoms with E-state index in [1.807, 2.05) is 0 Å². The lowest BCUT2D eigenvalue weighted by Gasteiger charge is -2.24. The highest BCUT2D eigenvalue weighted by Gasteiger charge is 2.28. The number of nitrogen functional groups attached to an aromatic ring is 1. The van der Waals surface area contributed by atoms with Crippen LogP contribution in [0.1, 0.15) is 18.9 Å². The summed E-state index contributed by atoms with van der Waals surface area (Å²) in [6, 6.07) is 2.65. The first kappa shape index (κ1) is 13.8. The van der Waals surface area contributed by atoms with E-state index in [2.05, 4.69) is 20.9 Å². The molecule has 1 aromatic heterocycles. The van der Waals surface area contributed by atoms with E-state index < -0.39 is 15.7 Å². The van der Waals surface area contributed by atoms with Crippen molar-refractivity contribution in [3.8, 4) is 0 Å². The van der Waals surface area contributed by atoms with Crippen LogP contribution in [0.5, 0.6) is 0 Å². The molecule has 2 aromatic rings. The van der Waals surface area contributed by atoms with Crippen LogP contribution < -0.4 is 5.73 Å². The van der Waals surface area contributed by atoms with E-state index in [0.29, 0.717) is 21.9 Å². The van der Waals surface area contributed by atoms with Crippen molar-refractivity contribution >= 4 is 42.7 Å². The van der Waals surface area contributed by atoms with Crippen molar-refractivity contribution in [3.05, 3.63) is 22.4 Å².